The van der Waals surface area contributed by atoms with Gasteiger partial charge in [0.2, 0.25) is 0 Å². The summed E-state index contributed by atoms with van der Waals surface area (Å²) in [6, 6.07) is 8.68. The van der Waals surface area contributed by atoms with Crippen LogP contribution in [0.5, 0.6) is 5.75 Å². The van der Waals surface area contributed by atoms with E-state index in [1.54, 1.807) is 31.2 Å². The molecule has 0 amide bonds. The van der Waals surface area contributed by atoms with E-state index in [2.05, 4.69) is 0 Å². The molecule has 1 aliphatic rings. The maximum atomic E-state index is 12.1. The lowest BCUT2D eigenvalue weighted by Gasteiger charge is -2.15. The van der Waals surface area contributed by atoms with Gasteiger partial charge in [-0.15, -0.1) is 0 Å². The van der Waals surface area contributed by atoms with Gasteiger partial charge in [0.1, 0.15) is 12.4 Å². The summed E-state index contributed by atoms with van der Waals surface area (Å²) in [5.41, 5.74) is 0.489. The number of sulfone groups is 1. The predicted octanol–water partition coefficient (Wildman–Crippen LogP) is 1.53. The Morgan fingerprint density at radius 3 is 2.95 bits per heavy atom. The molecule has 1 aromatic carbocycles. The lowest BCUT2D eigenvalue weighted by molar-refractivity contribution is 0.126. The second kappa shape index (κ2) is 6.25. The van der Waals surface area contributed by atoms with E-state index in [1.807, 2.05) is 6.07 Å². The van der Waals surface area contributed by atoms with E-state index in [1.165, 1.54) is 0 Å². The average Bonchev–Trinajstić information content (AvgIpc) is 2.86. The van der Waals surface area contributed by atoms with E-state index in [0.29, 0.717) is 24.3 Å². The Labute approximate surface area is 119 Å². The summed E-state index contributed by atoms with van der Waals surface area (Å²) in [7, 11) is -3.21. The van der Waals surface area contributed by atoms with Crippen molar-refractivity contribution in [1.82, 2.24) is 0 Å². The second-order valence-corrected chi connectivity index (χ2v) is 7.10. The van der Waals surface area contributed by atoms with Gasteiger partial charge in [0, 0.05) is 6.61 Å². The molecule has 1 saturated heterocycles. The first kappa shape index (κ1) is 14.8. The van der Waals surface area contributed by atoms with E-state index in [4.69, 9.17) is 14.7 Å². The summed E-state index contributed by atoms with van der Waals surface area (Å²) < 4.78 is 35.0. The Morgan fingerprint density at radius 1 is 1.50 bits per heavy atom. The number of benzene rings is 1. The third-order valence-electron chi connectivity index (χ3n) is 3.37. The first-order valence-electron chi connectivity index (χ1n) is 6.49. The largest absolute Gasteiger partial charge is 0.492 e. The fourth-order valence-electron chi connectivity index (χ4n) is 2.27. The van der Waals surface area contributed by atoms with Crippen molar-refractivity contribution < 1.29 is 17.9 Å². The molecule has 6 heteroatoms. The highest BCUT2D eigenvalue weighted by Gasteiger charge is 2.35. The third-order valence-corrected chi connectivity index (χ3v) is 5.64. The van der Waals surface area contributed by atoms with Crippen LogP contribution in [-0.4, -0.2) is 38.7 Å². The van der Waals surface area contributed by atoms with E-state index in [9.17, 15) is 8.42 Å². The molecule has 20 heavy (non-hydrogen) atoms. The van der Waals surface area contributed by atoms with Gasteiger partial charge in [-0.3, -0.25) is 0 Å². The maximum absolute atomic E-state index is 12.1. The molecule has 0 aromatic heterocycles. The van der Waals surface area contributed by atoms with Crippen LogP contribution >= 0.6 is 0 Å². The van der Waals surface area contributed by atoms with E-state index < -0.39 is 15.1 Å². The van der Waals surface area contributed by atoms with E-state index >= 15 is 0 Å². The molecule has 2 unspecified atom stereocenters. The monoisotopic (exact) mass is 295 g/mol. The normalized spacial score (nSPS) is 22.4. The van der Waals surface area contributed by atoms with Crippen molar-refractivity contribution in [1.29, 1.82) is 5.26 Å². The molecule has 0 saturated carbocycles. The zero-order chi connectivity index (χ0) is 14.6. The Kier molecular flexibility index (Phi) is 4.63. The molecule has 1 heterocycles. The van der Waals surface area contributed by atoms with Crippen molar-refractivity contribution in [3.8, 4) is 11.8 Å². The molecule has 0 spiro atoms. The van der Waals surface area contributed by atoms with Crippen LogP contribution in [0.15, 0.2) is 24.3 Å². The number of hydrogen-bond donors (Lipinski definition) is 0. The second-order valence-electron chi connectivity index (χ2n) is 4.76. The fourth-order valence-corrected chi connectivity index (χ4v) is 4.00. The highest BCUT2D eigenvalue weighted by molar-refractivity contribution is 7.92. The van der Waals surface area contributed by atoms with Crippen LogP contribution in [0.4, 0.5) is 0 Å². The number of rotatable bonds is 5. The fraction of sp³-hybridized carbons (Fsp3) is 0.500. The Hall–Kier alpha value is -1.58. The lowest BCUT2D eigenvalue weighted by atomic mass is 10.2. The average molecular weight is 295 g/mol. The van der Waals surface area contributed by atoms with Gasteiger partial charge < -0.3 is 9.47 Å². The molecule has 0 aliphatic carbocycles. The summed E-state index contributed by atoms with van der Waals surface area (Å²) in [6.07, 6.45) is 0.301. The van der Waals surface area contributed by atoms with Crippen LogP contribution < -0.4 is 4.74 Å². The Morgan fingerprint density at radius 2 is 2.30 bits per heavy atom. The van der Waals surface area contributed by atoms with Gasteiger partial charge in [0.05, 0.1) is 28.7 Å². The molecular weight excluding hydrogens is 278 g/mol. The molecule has 1 aliphatic heterocycles. The number of nitrogens with zero attached hydrogens (tertiary/aromatic N) is 1. The van der Waals surface area contributed by atoms with Gasteiger partial charge in [-0.25, -0.2) is 8.42 Å². The standard InChI is InChI=1S/C14H17NO4S/c1-11-14(5-6-18-11)20(16,17)8-7-19-13-4-2-3-12(9-13)10-15/h2-4,9,11,14H,5-8H2,1H3. The van der Waals surface area contributed by atoms with Gasteiger partial charge in [-0.1, -0.05) is 6.07 Å². The smallest absolute Gasteiger partial charge is 0.159 e. The van der Waals surface area contributed by atoms with Crippen molar-refractivity contribution in [2.45, 2.75) is 24.7 Å². The van der Waals surface area contributed by atoms with Crippen LogP contribution in [0.2, 0.25) is 0 Å². The Balaban J connectivity index is 1.90. The maximum Gasteiger partial charge on any atom is 0.159 e. The highest BCUT2D eigenvalue weighted by Crippen LogP contribution is 2.21. The van der Waals surface area contributed by atoms with E-state index in [-0.39, 0.29) is 18.5 Å². The summed E-state index contributed by atoms with van der Waals surface area (Å²) >= 11 is 0. The highest BCUT2D eigenvalue weighted by atomic mass is 32.2. The molecule has 0 N–H and O–H groups in total. The molecule has 0 bridgehead atoms. The van der Waals surface area contributed by atoms with Crippen LogP contribution in [0.3, 0.4) is 0 Å². The van der Waals surface area contributed by atoms with Crippen LogP contribution in [0, 0.1) is 11.3 Å². The first-order chi connectivity index (χ1) is 9.53. The van der Waals surface area contributed by atoms with Crippen LogP contribution in [0.1, 0.15) is 18.9 Å². The van der Waals surface area contributed by atoms with Crippen molar-refractivity contribution >= 4 is 9.84 Å². The quantitative estimate of drug-likeness (QED) is 0.823. The minimum Gasteiger partial charge on any atom is -0.492 e. The minimum absolute atomic E-state index is 0.0395. The molecule has 5 nitrogen and oxygen atoms in total. The van der Waals surface area contributed by atoms with Crippen molar-refractivity contribution in [3.63, 3.8) is 0 Å². The minimum atomic E-state index is -3.21. The van der Waals surface area contributed by atoms with Crippen molar-refractivity contribution in [3.05, 3.63) is 29.8 Å². The number of hydrogen-bond acceptors (Lipinski definition) is 5. The van der Waals surface area contributed by atoms with E-state index in [0.717, 1.165) is 0 Å². The zero-order valence-corrected chi connectivity index (χ0v) is 12.1. The summed E-state index contributed by atoms with van der Waals surface area (Å²) in [5, 5.41) is 8.34. The molecular formula is C14H17NO4S. The van der Waals surface area contributed by atoms with Gasteiger partial charge in [-0.2, -0.15) is 5.26 Å². The van der Waals surface area contributed by atoms with Gasteiger partial charge in [0.15, 0.2) is 9.84 Å². The lowest BCUT2D eigenvalue weighted by Crippen LogP contribution is -2.32. The molecule has 0 radical (unpaired) electrons. The first-order valence-corrected chi connectivity index (χ1v) is 8.20. The molecule has 108 valence electrons. The van der Waals surface area contributed by atoms with Gasteiger partial charge in [0.25, 0.3) is 0 Å². The van der Waals surface area contributed by atoms with Crippen molar-refractivity contribution in [2.75, 3.05) is 19.0 Å². The molecule has 2 rings (SSSR count). The third kappa shape index (κ3) is 3.50. The van der Waals surface area contributed by atoms with Crippen molar-refractivity contribution in [2.24, 2.45) is 0 Å². The molecule has 2 atom stereocenters. The van der Waals surface area contributed by atoms with Crippen LogP contribution in [-0.2, 0) is 14.6 Å². The number of ether oxygens (including phenoxy) is 2. The zero-order valence-electron chi connectivity index (χ0n) is 11.3. The Bertz CT molecular complexity index is 606. The van der Waals surface area contributed by atoms with Gasteiger partial charge in [-0.05, 0) is 31.5 Å². The summed E-state index contributed by atoms with van der Waals surface area (Å²) in [4.78, 5) is 0. The van der Waals surface area contributed by atoms with Crippen LogP contribution in [0.25, 0.3) is 0 Å². The molecule has 1 fully saturated rings. The predicted molar refractivity (Wildman–Crippen MR) is 74.3 cm³/mol. The van der Waals surface area contributed by atoms with Gasteiger partial charge >= 0.3 is 0 Å². The SMILES string of the molecule is CC1OCCC1S(=O)(=O)CCOc1cccc(C#N)c1. The molecule has 1 aromatic rings. The topological polar surface area (TPSA) is 76.4 Å². The number of nitriles is 1. The summed E-state index contributed by atoms with van der Waals surface area (Å²) in [6.45, 7) is 2.36. The summed E-state index contributed by atoms with van der Waals surface area (Å²) in [5.74, 6) is 0.470.